The van der Waals surface area contributed by atoms with Gasteiger partial charge in [-0.2, -0.15) is 5.10 Å². The van der Waals surface area contributed by atoms with E-state index in [2.05, 4.69) is 20.2 Å². The second-order valence-electron chi connectivity index (χ2n) is 5.33. The molecular formula is C18H14N4O4S. The highest BCUT2D eigenvalue weighted by molar-refractivity contribution is 7.14. The zero-order valence-corrected chi connectivity index (χ0v) is 15.0. The molecule has 8 nitrogen and oxygen atoms in total. The van der Waals surface area contributed by atoms with Crippen LogP contribution in [0.3, 0.4) is 0 Å². The van der Waals surface area contributed by atoms with Crippen LogP contribution in [0.1, 0.15) is 15.9 Å². The zero-order chi connectivity index (χ0) is 19.2. The van der Waals surface area contributed by atoms with Crippen LogP contribution in [0.25, 0.3) is 11.3 Å². The minimum Gasteiger partial charge on any atom is -0.465 e. The number of esters is 1. The van der Waals surface area contributed by atoms with Crippen LogP contribution in [0, 0.1) is 10.1 Å². The first-order valence-electron chi connectivity index (χ1n) is 7.74. The Morgan fingerprint density at radius 1 is 1.22 bits per heavy atom. The normalized spacial score (nSPS) is 10.7. The number of thiazole rings is 1. The Kier molecular flexibility index (Phi) is 5.53. The second-order valence-corrected chi connectivity index (χ2v) is 6.18. The molecular weight excluding hydrogens is 368 g/mol. The number of nitro groups is 1. The summed E-state index contributed by atoms with van der Waals surface area (Å²) in [6, 6.07) is 13.0. The first-order valence-corrected chi connectivity index (χ1v) is 8.62. The van der Waals surface area contributed by atoms with Gasteiger partial charge in [0.1, 0.15) is 0 Å². The number of aromatic nitrogens is 1. The minimum atomic E-state index is -0.440. The summed E-state index contributed by atoms with van der Waals surface area (Å²) >= 11 is 1.37. The molecule has 3 rings (SSSR count). The third kappa shape index (κ3) is 4.53. The molecule has 0 aliphatic carbocycles. The number of rotatable bonds is 6. The maximum absolute atomic E-state index is 11.4. The van der Waals surface area contributed by atoms with E-state index < -0.39 is 10.9 Å². The maximum Gasteiger partial charge on any atom is 0.337 e. The fraction of sp³-hybridized carbons (Fsp3) is 0.0556. The molecule has 0 saturated heterocycles. The van der Waals surface area contributed by atoms with E-state index in [1.54, 1.807) is 42.6 Å². The van der Waals surface area contributed by atoms with Crippen molar-refractivity contribution in [1.29, 1.82) is 0 Å². The van der Waals surface area contributed by atoms with Gasteiger partial charge in [0, 0.05) is 23.1 Å². The first kappa shape index (κ1) is 18.2. The molecule has 1 heterocycles. The molecule has 1 N–H and O–H groups in total. The van der Waals surface area contributed by atoms with Gasteiger partial charge in [0.15, 0.2) is 0 Å². The third-order valence-electron chi connectivity index (χ3n) is 3.58. The predicted octanol–water partition coefficient (Wildman–Crippen LogP) is 3.95. The molecule has 0 saturated carbocycles. The number of nitrogens with zero attached hydrogens (tertiary/aromatic N) is 3. The average Bonchev–Trinajstić information content (AvgIpc) is 3.17. The number of methoxy groups -OCH3 is 1. The van der Waals surface area contributed by atoms with E-state index in [9.17, 15) is 14.9 Å². The summed E-state index contributed by atoms with van der Waals surface area (Å²) in [5.41, 5.74) is 5.64. The molecule has 0 unspecified atom stereocenters. The summed E-state index contributed by atoms with van der Waals surface area (Å²) in [6.07, 6.45) is 1.61. The Morgan fingerprint density at radius 2 is 1.93 bits per heavy atom. The monoisotopic (exact) mass is 382 g/mol. The number of nitro benzene ring substituents is 1. The number of benzene rings is 2. The number of hydrogen-bond donors (Lipinski definition) is 1. The van der Waals surface area contributed by atoms with E-state index in [0.717, 1.165) is 11.1 Å². The van der Waals surface area contributed by atoms with Crippen molar-refractivity contribution in [2.24, 2.45) is 5.10 Å². The molecule has 0 atom stereocenters. The van der Waals surface area contributed by atoms with E-state index in [1.165, 1.54) is 30.6 Å². The van der Waals surface area contributed by atoms with Crippen molar-refractivity contribution in [1.82, 2.24) is 4.98 Å². The molecule has 0 radical (unpaired) electrons. The topological polar surface area (TPSA) is 107 Å². The van der Waals surface area contributed by atoms with Crippen molar-refractivity contribution in [2.45, 2.75) is 0 Å². The van der Waals surface area contributed by atoms with Crippen LogP contribution in [-0.2, 0) is 4.74 Å². The average molecular weight is 382 g/mol. The number of hydrogen-bond acceptors (Lipinski definition) is 8. The van der Waals surface area contributed by atoms with Gasteiger partial charge in [-0.3, -0.25) is 15.5 Å². The molecule has 0 aliphatic rings. The number of anilines is 1. The Labute approximate surface area is 158 Å². The quantitative estimate of drug-likeness (QED) is 0.299. The van der Waals surface area contributed by atoms with E-state index in [4.69, 9.17) is 0 Å². The Bertz CT molecular complexity index is 981. The highest BCUT2D eigenvalue weighted by Crippen LogP contribution is 2.26. The number of non-ortho nitro benzene ring substituents is 1. The molecule has 9 heteroatoms. The summed E-state index contributed by atoms with van der Waals surface area (Å²) in [4.78, 5) is 26.0. The fourth-order valence-electron chi connectivity index (χ4n) is 2.20. The number of carbonyl (C=O) groups excluding carboxylic acids is 1. The molecule has 0 aliphatic heterocycles. The Morgan fingerprint density at radius 3 is 2.56 bits per heavy atom. The fourth-order valence-corrected chi connectivity index (χ4v) is 2.87. The zero-order valence-electron chi connectivity index (χ0n) is 14.2. The van der Waals surface area contributed by atoms with Crippen LogP contribution in [0.4, 0.5) is 10.8 Å². The van der Waals surface area contributed by atoms with E-state index in [1.807, 2.05) is 5.38 Å². The van der Waals surface area contributed by atoms with Crippen molar-refractivity contribution in [2.75, 3.05) is 12.5 Å². The van der Waals surface area contributed by atoms with E-state index in [-0.39, 0.29) is 5.69 Å². The lowest BCUT2D eigenvalue weighted by Gasteiger charge is -1.99. The van der Waals surface area contributed by atoms with Gasteiger partial charge in [-0.15, -0.1) is 11.3 Å². The highest BCUT2D eigenvalue weighted by atomic mass is 32.1. The summed E-state index contributed by atoms with van der Waals surface area (Å²) < 4.78 is 4.65. The van der Waals surface area contributed by atoms with Gasteiger partial charge in [-0.1, -0.05) is 12.1 Å². The van der Waals surface area contributed by atoms with E-state index in [0.29, 0.717) is 16.4 Å². The van der Waals surface area contributed by atoms with Gasteiger partial charge in [0.05, 0.1) is 29.5 Å². The molecule has 0 fully saturated rings. The van der Waals surface area contributed by atoms with Gasteiger partial charge in [-0.25, -0.2) is 9.78 Å². The van der Waals surface area contributed by atoms with Gasteiger partial charge < -0.3 is 4.74 Å². The Hall–Kier alpha value is -3.59. The van der Waals surface area contributed by atoms with Crippen molar-refractivity contribution in [3.05, 3.63) is 75.2 Å². The molecule has 0 amide bonds. The predicted molar refractivity (Wildman–Crippen MR) is 103 cm³/mol. The molecule has 0 spiro atoms. The lowest BCUT2D eigenvalue weighted by Crippen LogP contribution is -2.00. The smallest absolute Gasteiger partial charge is 0.337 e. The van der Waals surface area contributed by atoms with Crippen molar-refractivity contribution in [3.63, 3.8) is 0 Å². The van der Waals surface area contributed by atoms with E-state index >= 15 is 0 Å². The summed E-state index contributed by atoms with van der Waals surface area (Å²) in [6.45, 7) is 0. The lowest BCUT2D eigenvalue weighted by atomic mass is 10.1. The van der Waals surface area contributed by atoms with Crippen LogP contribution in [-0.4, -0.2) is 29.2 Å². The maximum atomic E-state index is 11.4. The number of ether oxygens (including phenoxy) is 1. The molecule has 136 valence electrons. The molecule has 27 heavy (non-hydrogen) atoms. The molecule has 1 aromatic heterocycles. The largest absolute Gasteiger partial charge is 0.465 e. The minimum absolute atomic E-state index is 0.0372. The third-order valence-corrected chi connectivity index (χ3v) is 4.33. The van der Waals surface area contributed by atoms with Crippen molar-refractivity contribution < 1.29 is 14.5 Å². The second kappa shape index (κ2) is 8.19. The van der Waals surface area contributed by atoms with Crippen LogP contribution in [0.2, 0.25) is 0 Å². The summed E-state index contributed by atoms with van der Waals surface area (Å²) in [5.74, 6) is -0.391. The Balaban J connectivity index is 1.63. The van der Waals surface area contributed by atoms with Gasteiger partial charge >= 0.3 is 5.97 Å². The SMILES string of the molecule is COC(=O)c1ccc(/C=N/Nc2nc(-c3ccc([N+](=O)[O-])cc3)cs2)cc1. The first-order chi connectivity index (χ1) is 13.1. The van der Waals surface area contributed by atoms with Gasteiger partial charge in [-0.05, 0) is 29.8 Å². The molecule has 3 aromatic rings. The standard InChI is InChI=1S/C18H14N4O4S/c1-26-17(23)14-4-2-12(3-5-14)10-19-21-18-20-16(11-27-18)13-6-8-15(9-7-13)22(24)25/h2-11H,1H3,(H,20,21)/b19-10+. The van der Waals surface area contributed by atoms with Crippen LogP contribution in [0.5, 0.6) is 0 Å². The number of carbonyl (C=O) groups is 1. The van der Waals surface area contributed by atoms with Crippen LogP contribution >= 0.6 is 11.3 Å². The van der Waals surface area contributed by atoms with Crippen molar-refractivity contribution in [3.8, 4) is 11.3 Å². The van der Waals surface area contributed by atoms with Gasteiger partial charge in [0.2, 0.25) is 5.13 Å². The number of hydrazone groups is 1. The van der Waals surface area contributed by atoms with Crippen molar-refractivity contribution >= 4 is 34.3 Å². The molecule has 2 aromatic carbocycles. The summed E-state index contributed by atoms with van der Waals surface area (Å²) in [5, 5.41) is 17.2. The number of nitrogens with one attached hydrogen (secondary N) is 1. The van der Waals surface area contributed by atoms with Crippen LogP contribution < -0.4 is 5.43 Å². The highest BCUT2D eigenvalue weighted by Gasteiger charge is 2.08. The summed E-state index contributed by atoms with van der Waals surface area (Å²) in [7, 11) is 1.33. The lowest BCUT2D eigenvalue weighted by molar-refractivity contribution is -0.384. The van der Waals surface area contributed by atoms with Gasteiger partial charge in [0.25, 0.3) is 5.69 Å². The van der Waals surface area contributed by atoms with Crippen LogP contribution in [0.15, 0.2) is 59.0 Å². The molecule has 0 bridgehead atoms.